The summed E-state index contributed by atoms with van der Waals surface area (Å²) in [6.45, 7) is 3.72. The van der Waals surface area contributed by atoms with E-state index in [1.54, 1.807) is 0 Å². The van der Waals surface area contributed by atoms with Gasteiger partial charge < -0.3 is 5.11 Å². The first kappa shape index (κ1) is 14.1. The molecule has 3 heteroatoms. The number of likely N-dealkylation sites (tertiary alicyclic amines) is 1. The van der Waals surface area contributed by atoms with Crippen LogP contribution in [0, 0.1) is 5.92 Å². The van der Waals surface area contributed by atoms with Crippen LogP contribution < -0.4 is 0 Å². The van der Waals surface area contributed by atoms with Crippen LogP contribution in [-0.4, -0.2) is 53.7 Å². The summed E-state index contributed by atoms with van der Waals surface area (Å²) >= 11 is 0. The third-order valence-corrected chi connectivity index (χ3v) is 4.79. The van der Waals surface area contributed by atoms with Gasteiger partial charge in [-0.05, 0) is 37.8 Å². The lowest BCUT2D eigenvalue weighted by Crippen LogP contribution is -2.42. The Morgan fingerprint density at radius 1 is 1.30 bits per heavy atom. The van der Waals surface area contributed by atoms with Gasteiger partial charge >= 0.3 is 0 Å². The monoisotopic (exact) mass is 274 g/mol. The normalized spacial score (nSPS) is 27.4. The molecule has 1 aliphatic carbocycles. The van der Waals surface area contributed by atoms with Crippen molar-refractivity contribution in [3.8, 4) is 0 Å². The van der Waals surface area contributed by atoms with Crippen molar-refractivity contribution >= 4 is 0 Å². The first-order valence-corrected chi connectivity index (χ1v) is 7.85. The second-order valence-electron chi connectivity index (χ2n) is 6.62. The maximum atomic E-state index is 10.3. The molecule has 2 aliphatic rings. The van der Waals surface area contributed by atoms with Crippen molar-refractivity contribution in [3.63, 3.8) is 0 Å². The van der Waals surface area contributed by atoms with Gasteiger partial charge in [-0.2, -0.15) is 0 Å². The van der Waals surface area contributed by atoms with Crippen molar-refractivity contribution in [2.45, 2.75) is 38.0 Å². The molecule has 0 amide bonds. The van der Waals surface area contributed by atoms with Crippen LogP contribution in [0.2, 0.25) is 0 Å². The quantitative estimate of drug-likeness (QED) is 0.859. The summed E-state index contributed by atoms with van der Waals surface area (Å²) in [5.41, 5.74) is 1.31. The number of aliphatic hydroxyl groups excluding tert-OH is 1. The van der Waals surface area contributed by atoms with Crippen molar-refractivity contribution in [2.24, 2.45) is 5.92 Å². The molecule has 0 spiro atoms. The predicted octanol–water partition coefficient (Wildman–Crippen LogP) is 1.96. The molecule has 1 saturated carbocycles. The molecule has 1 heterocycles. The molecule has 1 N–H and O–H groups in total. The number of β-amino-alcohol motifs (C(OH)–C–C–N with tert-alkyl or cyclic N) is 1. The van der Waals surface area contributed by atoms with Crippen molar-refractivity contribution < 1.29 is 5.11 Å². The van der Waals surface area contributed by atoms with Crippen LogP contribution in [-0.2, 0) is 6.54 Å². The van der Waals surface area contributed by atoms with Gasteiger partial charge in [0.2, 0.25) is 0 Å². The topological polar surface area (TPSA) is 26.7 Å². The minimum Gasteiger partial charge on any atom is -0.390 e. The van der Waals surface area contributed by atoms with E-state index in [0.29, 0.717) is 0 Å². The highest BCUT2D eigenvalue weighted by atomic mass is 16.3. The summed E-state index contributed by atoms with van der Waals surface area (Å²) in [6.07, 6.45) is 3.89. The lowest BCUT2D eigenvalue weighted by Gasteiger charge is -2.30. The molecule has 3 nitrogen and oxygen atoms in total. The van der Waals surface area contributed by atoms with E-state index >= 15 is 0 Å². The zero-order valence-corrected chi connectivity index (χ0v) is 12.4. The van der Waals surface area contributed by atoms with Crippen molar-refractivity contribution in [3.05, 3.63) is 35.9 Å². The Hall–Kier alpha value is -0.900. The average molecular weight is 274 g/mol. The third kappa shape index (κ3) is 3.40. The fourth-order valence-electron chi connectivity index (χ4n) is 3.90. The number of benzene rings is 1. The smallest absolute Gasteiger partial charge is 0.0793 e. The molecule has 1 aromatic carbocycles. The van der Waals surface area contributed by atoms with Crippen molar-refractivity contribution in [2.75, 3.05) is 26.7 Å². The first-order chi connectivity index (χ1) is 9.70. The lowest BCUT2D eigenvalue weighted by molar-refractivity contribution is 0.0677. The van der Waals surface area contributed by atoms with Gasteiger partial charge in [-0.3, -0.25) is 9.80 Å². The van der Waals surface area contributed by atoms with Crippen molar-refractivity contribution in [1.82, 2.24) is 9.80 Å². The highest BCUT2D eigenvalue weighted by molar-refractivity contribution is 5.14. The maximum Gasteiger partial charge on any atom is 0.0793 e. The largest absolute Gasteiger partial charge is 0.390 e. The number of fused-ring (bicyclic) bond motifs is 2. The highest BCUT2D eigenvalue weighted by Crippen LogP contribution is 2.37. The van der Waals surface area contributed by atoms with E-state index < -0.39 is 0 Å². The Balaban J connectivity index is 1.43. The second kappa shape index (κ2) is 6.25. The summed E-state index contributed by atoms with van der Waals surface area (Å²) in [5, 5.41) is 10.3. The molecule has 1 saturated heterocycles. The minimum absolute atomic E-state index is 0.233. The number of likely N-dealkylation sites (N-methyl/N-ethyl adjacent to an activating group) is 1. The molecule has 3 unspecified atom stereocenters. The van der Waals surface area contributed by atoms with Gasteiger partial charge in [-0.25, -0.2) is 0 Å². The van der Waals surface area contributed by atoms with Crippen LogP contribution >= 0.6 is 0 Å². The van der Waals surface area contributed by atoms with Crippen LogP contribution in [0.4, 0.5) is 0 Å². The first-order valence-electron chi connectivity index (χ1n) is 7.85. The van der Waals surface area contributed by atoms with Gasteiger partial charge in [0, 0.05) is 32.2 Å². The number of rotatable bonds is 6. The van der Waals surface area contributed by atoms with Crippen LogP contribution in [0.25, 0.3) is 0 Å². The van der Waals surface area contributed by atoms with E-state index in [1.165, 1.54) is 31.4 Å². The van der Waals surface area contributed by atoms with E-state index in [1.807, 2.05) is 6.07 Å². The standard InChI is InChI=1S/C17H26N2O/c1-18(10-14-5-3-2-4-6-14)12-17(20)13-19-11-15-7-8-16(19)9-15/h2-6,15-17,20H,7-13H2,1H3. The van der Waals surface area contributed by atoms with E-state index in [0.717, 1.165) is 31.6 Å². The van der Waals surface area contributed by atoms with Gasteiger partial charge in [-0.15, -0.1) is 0 Å². The zero-order valence-electron chi connectivity index (χ0n) is 12.4. The Morgan fingerprint density at radius 2 is 2.10 bits per heavy atom. The predicted molar refractivity (Wildman–Crippen MR) is 81.5 cm³/mol. The van der Waals surface area contributed by atoms with Gasteiger partial charge in [-0.1, -0.05) is 30.3 Å². The molecule has 3 atom stereocenters. The van der Waals surface area contributed by atoms with Crippen molar-refractivity contribution in [1.29, 1.82) is 0 Å². The maximum absolute atomic E-state index is 10.3. The van der Waals surface area contributed by atoms with E-state index in [-0.39, 0.29) is 6.10 Å². The molecular formula is C17H26N2O. The number of hydrogen-bond acceptors (Lipinski definition) is 3. The van der Waals surface area contributed by atoms with Gasteiger partial charge in [0.05, 0.1) is 6.10 Å². The summed E-state index contributed by atoms with van der Waals surface area (Å²) in [4.78, 5) is 4.73. The molecule has 2 fully saturated rings. The van der Waals surface area contributed by atoms with Gasteiger partial charge in [0.1, 0.15) is 0 Å². The zero-order chi connectivity index (χ0) is 13.9. The molecule has 3 rings (SSSR count). The highest BCUT2D eigenvalue weighted by Gasteiger charge is 2.38. The average Bonchev–Trinajstić information content (AvgIpc) is 3.01. The van der Waals surface area contributed by atoms with Crippen LogP contribution in [0.3, 0.4) is 0 Å². The fourth-order valence-corrected chi connectivity index (χ4v) is 3.90. The van der Waals surface area contributed by atoms with E-state index in [9.17, 15) is 5.11 Å². The van der Waals surface area contributed by atoms with E-state index in [4.69, 9.17) is 0 Å². The summed E-state index contributed by atoms with van der Waals surface area (Å²) in [7, 11) is 2.09. The number of nitrogens with zero attached hydrogens (tertiary/aromatic N) is 2. The summed E-state index contributed by atoms with van der Waals surface area (Å²) in [5.74, 6) is 0.911. The molecule has 2 bridgehead atoms. The third-order valence-electron chi connectivity index (χ3n) is 4.79. The number of hydrogen-bond donors (Lipinski definition) is 1. The molecule has 0 radical (unpaired) electrons. The molecule has 1 aromatic rings. The summed E-state index contributed by atoms with van der Waals surface area (Å²) < 4.78 is 0. The molecular weight excluding hydrogens is 248 g/mol. The van der Waals surface area contributed by atoms with Crippen LogP contribution in [0.5, 0.6) is 0 Å². The Bertz CT molecular complexity index is 422. The summed E-state index contributed by atoms with van der Waals surface area (Å²) in [6, 6.07) is 11.2. The Morgan fingerprint density at radius 3 is 2.75 bits per heavy atom. The van der Waals surface area contributed by atoms with Crippen LogP contribution in [0.1, 0.15) is 24.8 Å². The van der Waals surface area contributed by atoms with Gasteiger partial charge in [0.25, 0.3) is 0 Å². The number of aliphatic hydroxyl groups is 1. The van der Waals surface area contributed by atoms with Crippen LogP contribution in [0.15, 0.2) is 30.3 Å². The van der Waals surface area contributed by atoms with Gasteiger partial charge in [0.15, 0.2) is 0 Å². The molecule has 20 heavy (non-hydrogen) atoms. The number of piperidine rings is 1. The molecule has 0 aromatic heterocycles. The van der Waals surface area contributed by atoms with E-state index in [2.05, 4.69) is 41.1 Å². The Labute approximate surface area is 122 Å². The lowest BCUT2D eigenvalue weighted by atomic mass is 10.1. The SMILES string of the molecule is CN(Cc1ccccc1)CC(O)CN1CC2CCC1C2. The molecule has 110 valence electrons. The minimum atomic E-state index is -0.233. The Kier molecular flexibility index (Phi) is 4.39. The molecule has 1 aliphatic heterocycles. The second-order valence-corrected chi connectivity index (χ2v) is 6.62. The fraction of sp³-hybridized carbons (Fsp3) is 0.647.